The first-order valence-corrected chi connectivity index (χ1v) is 15.2. The lowest BCUT2D eigenvalue weighted by atomic mass is 9.81. The summed E-state index contributed by atoms with van der Waals surface area (Å²) in [5, 5.41) is 2.73. The van der Waals surface area contributed by atoms with Crippen molar-refractivity contribution >= 4 is 43.4 Å². The molecule has 204 valence electrons. The van der Waals surface area contributed by atoms with Crippen molar-refractivity contribution in [3.63, 3.8) is 0 Å². The summed E-state index contributed by atoms with van der Waals surface area (Å²) in [4.78, 5) is 0. The van der Waals surface area contributed by atoms with Gasteiger partial charge in [0.25, 0.3) is 0 Å². The van der Waals surface area contributed by atoms with Crippen LogP contribution in [0, 0.1) is 74.1 Å². The Labute approximate surface area is 244 Å². The molecule has 2 heteroatoms. The number of hydrogen-bond acceptors (Lipinski definition) is 0. The summed E-state index contributed by atoms with van der Waals surface area (Å²) in [6.45, 7) is 29.9. The summed E-state index contributed by atoms with van der Waals surface area (Å²) in [6, 6.07) is 4.89. The van der Waals surface area contributed by atoms with Crippen molar-refractivity contribution in [2.24, 2.45) is 11.8 Å². The zero-order valence-corrected chi connectivity index (χ0v) is 27.8. The molecule has 3 aromatic carbocycles. The summed E-state index contributed by atoms with van der Waals surface area (Å²) in [7, 11) is 0. The molecule has 0 saturated heterocycles. The van der Waals surface area contributed by atoms with Gasteiger partial charge in [-0.1, -0.05) is 31.6 Å². The fraction of sp³-hybridized carbons (Fsp3) is 0.405. The molecule has 0 N–H and O–H groups in total. The standard InChI is InChI=1S/C37H44BrN/c1-17-14-30(25(9)21(5)19(17)3)31-16-32-34-27(11)23(7)24(8)28(12)36(34)39(37(32)35(38)29(31)13)33-15-18(2)20(4)22(6)26(33)10/h14-16,18,20H,1-13H3. The molecule has 0 saturated carbocycles. The molecule has 2 atom stereocenters. The molecule has 5 rings (SSSR count). The SMILES string of the molecule is CC1=C(C)C(C)C(C)C=C1n1c2c(Br)c(C)c(-c3cc(C)c(C)c(C)c3C)cc2c2c(C)c(C)c(C)c(C)c21. The molecule has 0 fully saturated rings. The number of aryl methyl sites for hydroxylation is 3. The lowest BCUT2D eigenvalue weighted by Crippen LogP contribution is -2.17. The topological polar surface area (TPSA) is 4.93 Å². The van der Waals surface area contributed by atoms with E-state index in [9.17, 15) is 0 Å². The average Bonchev–Trinajstić information content (AvgIpc) is 3.25. The van der Waals surface area contributed by atoms with Crippen LogP contribution in [0.15, 0.2) is 33.8 Å². The van der Waals surface area contributed by atoms with Crippen LogP contribution in [0.25, 0.3) is 38.6 Å². The first kappa shape index (κ1) is 28.0. The predicted octanol–water partition coefficient (Wildman–Crippen LogP) is 11.5. The number of fused-ring (bicyclic) bond motifs is 3. The highest BCUT2D eigenvalue weighted by atomic mass is 79.9. The fourth-order valence-corrected chi connectivity index (χ4v) is 7.47. The van der Waals surface area contributed by atoms with Crippen LogP contribution in [0.5, 0.6) is 0 Å². The van der Waals surface area contributed by atoms with Gasteiger partial charge in [-0.3, -0.25) is 0 Å². The van der Waals surface area contributed by atoms with Gasteiger partial charge in [0, 0.05) is 20.9 Å². The Balaban J connectivity index is 2.03. The molecule has 1 heterocycles. The highest BCUT2D eigenvalue weighted by Crippen LogP contribution is 2.48. The van der Waals surface area contributed by atoms with Gasteiger partial charge in [0.05, 0.1) is 11.0 Å². The molecule has 0 radical (unpaired) electrons. The van der Waals surface area contributed by atoms with Gasteiger partial charge in [-0.15, -0.1) is 0 Å². The Hall–Kier alpha value is -2.58. The Morgan fingerprint density at radius 1 is 0.615 bits per heavy atom. The maximum absolute atomic E-state index is 4.18. The number of halogens is 1. The molecule has 39 heavy (non-hydrogen) atoms. The Bertz CT molecular complexity index is 1790. The monoisotopic (exact) mass is 581 g/mol. The van der Waals surface area contributed by atoms with Crippen molar-refractivity contribution < 1.29 is 0 Å². The van der Waals surface area contributed by atoms with Gasteiger partial charge in [0.15, 0.2) is 0 Å². The molecule has 2 unspecified atom stereocenters. The molecule has 0 amide bonds. The fourth-order valence-electron chi connectivity index (χ4n) is 6.87. The largest absolute Gasteiger partial charge is 0.308 e. The van der Waals surface area contributed by atoms with Crippen LogP contribution >= 0.6 is 15.9 Å². The Morgan fingerprint density at radius 2 is 1.18 bits per heavy atom. The van der Waals surface area contributed by atoms with Crippen LogP contribution in [-0.4, -0.2) is 4.57 Å². The quantitative estimate of drug-likeness (QED) is 0.222. The Kier molecular flexibility index (Phi) is 6.82. The van der Waals surface area contributed by atoms with Crippen LogP contribution in [0.1, 0.15) is 77.8 Å². The zero-order chi connectivity index (χ0) is 28.8. The van der Waals surface area contributed by atoms with Crippen molar-refractivity contribution in [3.8, 4) is 11.1 Å². The van der Waals surface area contributed by atoms with Crippen LogP contribution in [0.3, 0.4) is 0 Å². The molecule has 1 nitrogen and oxygen atoms in total. The minimum atomic E-state index is 0.490. The van der Waals surface area contributed by atoms with Crippen molar-refractivity contribution in [1.82, 2.24) is 4.57 Å². The van der Waals surface area contributed by atoms with E-state index in [0.717, 1.165) is 0 Å². The average molecular weight is 583 g/mol. The van der Waals surface area contributed by atoms with E-state index in [4.69, 9.17) is 0 Å². The van der Waals surface area contributed by atoms with E-state index in [0.29, 0.717) is 11.8 Å². The first-order chi connectivity index (χ1) is 18.2. The van der Waals surface area contributed by atoms with E-state index >= 15 is 0 Å². The number of benzene rings is 3. The number of hydrogen-bond donors (Lipinski definition) is 0. The maximum Gasteiger partial charge on any atom is 0.0686 e. The van der Waals surface area contributed by atoms with Gasteiger partial charge in [0.2, 0.25) is 0 Å². The van der Waals surface area contributed by atoms with Crippen molar-refractivity contribution in [1.29, 1.82) is 0 Å². The van der Waals surface area contributed by atoms with E-state index in [1.54, 1.807) is 0 Å². The third kappa shape index (κ3) is 3.85. The number of aromatic nitrogens is 1. The van der Waals surface area contributed by atoms with Crippen LogP contribution in [-0.2, 0) is 0 Å². The number of nitrogens with zero attached hydrogens (tertiary/aromatic N) is 1. The van der Waals surface area contributed by atoms with Gasteiger partial charge in [-0.05, 0) is 177 Å². The molecule has 4 aromatic rings. The maximum atomic E-state index is 4.18. The van der Waals surface area contributed by atoms with Crippen molar-refractivity contribution in [2.45, 2.75) is 90.0 Å². The lowest BCUT2D eigenvalue weighted by molar-refractivity contribution is 0.518. The van der Waals surface area contributed by atoms with E-state index in [-0.39, 0.29) is 0 Å². The van der Waals surface area contributed by atoms with Gasteiger partial charge in [-0.2, -0.15) is 0 Å². The molecule has 0 aliphatic heterocycles. The first-order valence-electron chi connectivity index (χ1n) is 14.4. The summed E-state index contributed by atoms with van der Waals surface area (Å²) in [5.74, 6) is 1.05. The second-order valence-corrected chi connectivity index (χ2v) is 13.2. The van der Waals surface area contributed by atoms with Crippen LogP contribution in [0.2, 0.25) is 0 Å². The van der Waals surface area contributed by atoms with E-state index in [2.05, 4.69) is 129 Å². The summed E-state index contributed by atoms with van der Waals surface area (Å²) < 4.78 is 3.80. The molecular formula is C37H44BrN. The summed E-state index contributed by atoms with van der Waals surface area (Å²) in [6.07, 6.45) is 2.52. The number of allylic oxidation sites excluding steroid dienone is 4. The molecule has 0 bridgehead atoms. The van der Waals surface area contributed by atoms with E-state index in [1.165, 1.54) is 104 Å². The minimum Gasteiger partial charge on any atom is -0.308 e. The molecule has 1 aromatic heterocycles. The second-order valence-electron chi connectivity index (χ2n) is 12.4. The Morgan fingerprint density at radius 3 is 1.82 bits per heavy atom. The van der Waals surface area contributed by atoms with Gasteiger partial charge < -0.3 is 4.57 Å². The van der Waals surface area contributed by atoms with Gasteiger partial charge in [0.1, 0.15) is 0 Å². The highest BCUT2D eigenvalue weighted by Gasteiger charge is 2.28. The van der Waals surface area contributed by atoms with Crippen molar-refractivity contribution in [2.75, 3.05) is 0 Å². The van der Waals surface area contributed by atoms with Gasteiger partial charge >= 0.3 is 0 Å². The van der Waals surface area contributed by atoms with Gasteiger partial charge in [-0.25, -0.2) is 0 Å². The molecule has 0 spiro atoms. The third-order valence-corrected chi connectivity index (χ3v) is 11.7. The third-order valence-electron chi connectivity index (χ3n) is 10.7. The smallest absolute Gasteiger partial charge is 0.0686 e. The number of rotatable bonds is 2. The lowest BCUT2D eigenvalue weighted by Gasteiger charge is -2.29. The predicted molar refractivity (Wildman–Crippen MR) is 176 cm³/mol. The molecule has 1 aliphatic rings. The van der Waals surface area contributed by atoms with Crippen LogP contribution in [0.4, 0.5) is 0 Å². The summed E-state index contributed by atoms with van der Waals surface area (Å²) in [5.41, 5.74) is 22.0. The minimum absolute atomic E-state index is 0.490. The molecule has 1 aliphatic carbocycles. The highest BCUT2D eigenvalue weighted by molar-refractivity contribution is 9.10. The molecular weight excluding hydrogens is 538 g/mol. The second kappa shape index (κ2) is 9.51. The normalized spacial score (nSPS) is 18.1. The summed E-state index contributed by atoms with van der Waals surface area (Å²) >= 11 is 4.18. The van der Waals surface area contributed by atoms with E-state index < -0.39 is 0 Å². The van der Waals surface area contributed by atoms with Crippen LogP contribution < -0.4 is 0 Å². The van der Waals surface area contributed by atoms with E-state index in [1.807, 2.05) is 0 Å². The van der Waals surface area contributed by atoms with Crippen molar-refractivity contribution in [3.05, 3.63) is 83.9 Å². The zero-order valence-electron chi connectivity index (χ0n) is 26.2.